The van der Waals surface area contributed by atoms with E-state index >= 15 is 0 Å². The summed E-state index contributed by atoms with van der Waals surface area (Å²) in [6.45, 7) is 1.95. The van der Waals surface area contributed by atoms with Crippen LogP contribution in [0.25, 0.3) is 11.1 Å². The van der Waals surface area contributed by atoms with Crippen LogP contribution in [-0.4, -0.2) is 11.7 Å². The van der Waals surface area contributed by atoms with Crippen molar-refractivity contribution in [3.8, 4) is 16.9 Å². The first-order chi connectivity index (χ1) is 13.9. The number of halogens is 3. The summed E-state index contributed by atoms with van der Waals surface area (Å²) in [6.07, 6.45) is -1.25. The van der Waals surface area contributed by atoms with Crippen LogP contribution in [0.3, 0.4) is 0 Å². The quantitative estimate of drug-likeness (QED) is 0.558. The minimum absolute atomic E-state index is 0.0387. The van der Waals surface area contributed by atoms with Crippen molar-refractivity contribution in [2.75, 3.05) is 6.61 Å². The zero-order valence-corrected chi connectivity index (χ0v) is 15.7. The Hall–Kier alpha value is -2.83. The molecule has 1 N–H and O–H groups in total. The Morgan fingerprint density at radius 1 is 1.00 bits per heavy atom. The summed E-state index contributed by atoms with van der Waals surface area (Å²) in [5.41, 5.74) is 2.76. The monoisotopic (exact) mass is 400 g/mol. The second kappa shape index (κ2) is 7.89. The van der Waals surface area contributed by atoms with Crippen LogP contribution in [0.1, 0.15) is 35.8 Å². The molecular weight excluding hydrogens is 381 g/mol. The Morgan fingerprint density at radius 2 is 1.69 bits per heavy atom. The van der Waals surface area contributed by atoms with Crippen LogP contribution in [0.5, 0.6) is 5.75 Å². The van der Waals surface area contributed by atoms with Gasteiger partial charge in [-0.1, -0.05) is 36.4 Å². The summed E-state index contributed by atoms with van der Waals surface area (Å²) in [6, 6.07) is 14.8. The molecule has 0 saturated carbocycles. The van der Waals surface area contributed by atoms with Crippen LogP contribution in [0.15, 0.2) is 54.6 Å². The lowest BCUT2D eigenvalue weighted by molar-refractivity contribution is 0.191. The molecular formula is C23H19F3O3. The lowest BCUT2D eigenvalue weighted by Crippen LogP contribution is -2.03. The lowest BCUT2D eigenvalue weighted by atomic mass is 10.0. The van der Waals surface area contributed by atoms with Gasteiger partial charge >= 0.3 is 0 Å². The predicted molar refractivity (Wildman–Crippen MR) is 102 cm³/mol. The molecule has 0 bridgehead atoms. The molecule has 1 saturated heterocycles. The molecule has 1 aliphatic rings. The smallest absolute Gasteiger partial charge is 0.201 e. The van der Waals surface area contributed by atoms with Gasteiger partial charge in [-0.15, -0.1) is 0 Å². The molecule has 3 aromatic carbocycles. The highest BCUT2D eigenvalue weighted by atomic mass is 19.2. The molecule has 29 heavy (non-hydrogen) atoms. The summed E-state index contributed by atoms with van der Waals surface area (Å²) in [4.78, 5) is 0. The summed E-state index contributed by atoms with van der Waals surface area (Å²) >= 11 is 0. The minimum Gasteiger partial charge on any atom is -0.486 e. The number of aliphatic hydroxyl groups is 1. The van der Waals surface area contributed by atoms with Crippen LogP contribution >= 0.6 is 0 Å². The number of aliphatic hydroxyl groups excluding tert-OH is 1. The molecule has 1 aliphatic heterocycles. The van der Waals surface area contributed by atoms with Crippen LogP contribution in [-0.2, 0) is 11.3 Å². The van der Waals surface area contributed by atoms with Crippen molar-refractivity contribution >= 4 is 0 Å². The van der Waals surface area contributed by atoms with Gasteiger partial charge in [0.1, 0.15) is 18.5 Å². The Balaban J connectivity index is 1.45. The SMILES string of the molecule is CC(O)c1ccc(OCc2ccc(-c3ccc(C4CO4)c(F)c3)cc2)c(F)c1F. The predicted octanol–water partition coefficient (Wildman–Crippen LogP) is 5.47. The first kappa shape index (κ1) is 19.5. The Kier molecular flexibility index (Phi) is 5.30. The molecule has 150 valence electrons. The van der Waals surface area contributed by atoms with Crippen molar-refractivity contribution in [1.82, 2.24) is 0 Å². The Bertz CT molecular complexity index is 1030. The van der Waals surface area contributed by atoms with Gasteiger partial charge < -0.3 is 14.6 Å². The standard InChI is InChI=1S/C23H19F3O3/c1-13(27)17-8-9-20(23(26)22(17)25)28-11-14-2-4-15(5-3-14)16-6-7-18(19(24)10-16)21-12-29-21/h2-10,13,21,27H,11-12H2,1H3. The fourth-order valence-corrected chi connectivity index (χ4v) is 3.13. The second-order valence-electron chi connectivity index (χ2n) is 7.00. The van der Waals surface area contributed by atoms with Gasteiger partial charge in [0, 0.05) is 11.1 Å². The zero-order chi connectivity index (χ0) is 20.5. The van der Waals surface area contributed by atoms with E-state index in [0.29, 0.717) is 12.2 Å². The van der Waals surface area contributed by atoms with E-state index in [1.165, 1.54) is 25.1 Å². The molecule has 1 heterocycles. The number of benzene rings is 3. The molecule has 2 atom stereocenters. The van der Waals surface area contributed by atoms with Gasteiger partial charge in [-0.05, 0) is 41.8 Å². The normalized spacial score (nSPS) is 16.5. The van der Waals surface area contributed by atoms with Gasteiger partial charge in [-0.25, -0.2) is 8.78 Å². The molecule has 1 fully saturated rings. The van der Waals surface area contributed by atoms with Gasteiger partial charge in [-0.2, -0.15) is 4.39 Å². The van der Waals surface area contributed by atoms with Crippen molar-refractivity contribution in [3.05, 3.63) is 88.7 Å². The lowest BCUT2D eigenvalue weighted by Gasteiger charge is -2.12. The largest absolute Gasteiger partial charge is 0.486 e. The third kappa shape index (κ3) is 4.13. The number of hydrogen-bond acceptors (Lipinski definition) is 3. The van der Waals surface area contributed by atoms with Crippen LogP contribution in [0.4, 0.5) is 13.2 Å². The van der Waals surface area contributed by atoms with Gasteiger partial charge in [0.15, 0.2) is 11.6 Å². The molecule has 4 rings (SSSR count). The van der Waals surface area contributed by atoms with Crippen LogP contribution < -0.4 is 4.74 Å². The first-order valence-electron chi connectivity index (χ1n) is 9.23. The number of ether oxygens (including phenoxy) is 2. The van der Waals surface area contributed by atoms with E-state index in [9.17, 15) is 18.3 Å². The zero-order valence-electron chi connectivity index (χ0n) is 15.7. The highest BCUT2D eigenvalue weighted by Gasteiger charge is 2.27. The fourth-order valence-electron chi connectivity index (χ4n) is 3.13. The third-order valence-corrected chi connectivity index (χ3v) is 4.89. The van der Waals surface area contributed by atoms with Crippen LogP contribution in [0.2, 0.25) is 0 Å². The van der Waals surface area contributed by atoms with Gasteiger partial charge in [0.2, 0.25) is 5.82 Å². The molecule has 3 nitrogen and oxygen atoms in total. The average molecular weight is 400 g/mol. The van der Waals surface area contributed by atoms with E-state index in [4.69, 9.17) is 9.47 Å². The molecule has 6 heteroatoms. The number of rotatable bonds is 6. The maximum atomic E-state index is 14.2. The molecule has 3 aromatic rings. The van der Waals surface area contributed by atoms with Gasteiger partial charge in [0.05, 0.1) is 12.7 Å². The molecule has 0 aliphatic carbocycles. The number of epoxide rings is 1. The highest BCUT2D eigenvalue weighted by Crippen LogP contribution is 2.34. The van der Waals surface area contributed by atoms with E-state index in [1.54, 1.807) is 18.2 Å². The molecule has 2 unspecified atom stereocenters. The molecule has 0 spiro atoms. The molecule has 0 radical (unpaired) electrons. The number of hydrogen-bond donors (Lipinski definition) is 1. The van der Waals surface area contributed by atoms with E-state index in [1.807, 2.05) is 18.2 Å². The van der Waals surface area contributed by atoms with Crippen molar-refractivity contribution < 1.29 is 27.8 Å². The average Bonchev–Trinajstić information content (AvgIpc) is 3.54. The van der Waals surface area contributed by atoms with Crippen molar-refractivity contribution in [1.29, 1.82) is 0 Å². The van der Waals surface area contributed by atoms with Crippen molar-refractivity contribution in [2.24, 2.45) is 0 Å². The highest BCUT2D eigenvalue weighted by molar-refractivity contribution is 5.64. The minimum atomic E-state index is -1.13. The maximum Gasteiger partial charge on any atom is 0.201 e. The van der Waals surface area contributed by atoms with E-state index in [-0.39, 0.29) is 29.8 Å². The first-order valence-corrected chi connectivity index (χ1v) is 9.23. The summed E-state index contributed by atoms with van der Waals surface area (Å²) < 4.78 is 52.7. The molecule has 0 aromatic heterocycles. The van der Waals surface area contributed by atoms with Gasteiger partial charge in [0.25, 0.3) is 0 Å². The van der Waals surface area contributed by atoms with E-state index in [2.05, 4.69) is 0 Å². The summed E-state index contributed by atoms with van der Waals surface area (Å²) in [5, 5.41) is 9.43. The van der Waals surface area contributed by atoms with Crippen molar-refractivity contribution in [2.45, 2.75) is 25.7 Å². The maximum absolute atomic E-state index is 14.2. The van der Waals surface area contributed by atoms with E-state index in [0.717, 1.165) is 16.7 Å². The van der Waals surface area contributed by atoms with E-state index < -0.39 is 17.7 Å². The summed E-state index contributed by atoms with van der Waals surface area (Å²) in [5.74, 6) is -2.77. The fraction of sp³-hybridized carbons (Fsp3) is 0.217. The Morgan fingerprint density at radius 3 is 2.31 bits per heavy atom. The van der Waals surface area contributed by atoms with Gasteiger partial charge in [-0.3, -0.25) is 0 Å². The third-order valence-electron chi connectivity index (χ3n) is 4.89. The molecule has 0 amide bonds. The van der Waals surface area contributed by atoms with Crippen LogP contribution in [0, 0.1) is 17.5 Å². The second-order valence-corrected chi connectivity index (χ2v) is 7.00. The Labute approximate surface area is 166 Å². The topological polar surface area (TPSA) is 42.0 Å². The summed E-state index contributed by atoms with van der Waals surface area (Å²) in [7, 11) is 0. The van der Waals surface area contributed by atoms with Crippen molar-refractivity contribution in [3.63, 3.8) is 0 Å².